The Balaban J connectivity index is 3.12. The molecule has 0 saturated carbocycles. The third-order valence-corrected chi connectivity index (χ3v) is 1.93. The molecule has 4 N–H and O–H groups in total. The van der Waals surface area contributed by atoms with Gasteiger partial charge in [-0.2, -0.15) is 0 Å². The number of hydrogen-bond acceptors (Lipinski definition) is 3. The maximum absolute atomic E-state index is 9.32. The second-order valence-electron chi connectivity index (χ2n) is 2.46. The van der Waals surface area contributed by atoms with Crippen LogP contribution in [0.3, 0.4) is 0 Å². The fourth-order valence-corrected chi connectivity index (χ4v) is 1.29. The predicted octanol–water partition coefficient (Wildman–Crippen LogP) is 1.04. The first-order valence-corrected chi connectivity index (χ1v) is 3.88. The fraction of sp³-hybridized carbons (Fsp3) is 0.250. The zero-order chi connectivity index (χ0) is 9.14. The molecule has 0 fully saturated rings. The van der Waals surface area contributed by atoms with E-state index in [1.165, 1.54) is 6.07 Å². The summed E-state index contributed by atoms with van der Waals surface area (Å²) < 4.78 is 0. The molecule has 0 spiro atoms. The van der Waals surface area contributed by atoms with Gasteiger partial charge in [-0.25, -0.2) is 0 Å². The van der Waals surface area contributed by atoms with Crippen LogP contribution < -0.4 is 5.73 Å². The largest absolute Gasteiger partial charge is 0.508 e. The van der Waals surface area contributed by atoms with Crippen LogP contribution in [0.4, 0.5) is 0 Å². The Bertz CT molecular complexity index is 258. The van der Waals surface area contributed by atoms with Crippen LogP contribution in [0.1, 0.15) is 11.6 Å². The number of nitrogens with two attached hydrogens (primary N) is 1. The van der Waals surface area contributed by atoms with Crippen LogP contribution in [0.15, 0.2) is 18.2 Å². The number of phenolic OH excluding ortho intramolecular Hbond substituents is 1. The zero-order valence-corrected chi connectivity index (χ0v) is 7.12. The van der Waals surface area contributed by atoms with Gasteiger partial charge < -0.3 is 15.9 Å². The molecule has 0 radical (unpaired) electrons. The van der Waals surface area contributed by atoms with E-state index in [0.29, 0.717) is 10.6 Å². The van der Waals surface area contributed by atoms with Crippen LogP contribution in [0, 0.1) is 0 Å². The van der Waals surface area contributed by atoms with Gasteiger partial charge in [0.2, 0.25) is 0 Å². The van der Waals surface area contributed by atoms with Crippen molar-refractivity contribution in [1.82, 2.24) is 0 Å². The quantitative estimate of drug-likeness (QED) is 0.648. The molecule has 1 rings (SSSR count). The summed E-state index contributed by atoms with van der Waals surface area (Å²) in [6, 6.07) is 4.09. The maximum atomic E-state index is 9.32. The van der Waals surface area contributed by atoms with Crippen molar-refractivity contribution in [3.63, 3.8) is 0 Å². The second kappa shape index (κ2) is 3.76. The van der Waals surface area contributed by atoms with Gasteiger partial charge >= 0.3 is 0 Å². The first-order chi connectivity index (χ1) is 5.66. The molecule has 0 saturated heterocycles. The van der Waals surface area contributed by atoms with Crippen LogP contribution in [0.5, 0.6) is 5.75 Å². The number of rotatable bonds is 2. The summed E-state index contributed by atoms with van der Waals surface area (Å²) in [4.78, 5) is 0. The molecule has 12 heavy (non-hydrogen) atoms. The molecule has 1 aromatic carbocycles. The topological polar surface area (TPSA) is 66.5 Å². The highest BCUT2D eigenvalue weighted by Crippen LogP contribution is 2.29. The summed E-state index contributed by atoms with van der Waals surface area (Å²) in [5.41, 5.74) is 5.89. The average molecular weight is 188 g/mol. The van der Waals surface area contributed by atoms with Crippen molar-refractivity contribution in [1.29, 1.82) is 0 Å². The van der Waals surface area contributed by atoms with E-state index in [2.05, 4.69) is 0 Å². The molecule has 1 unspecified atom stereocenters. The second-order valence-corrected chi connectivity index (χ2v) is 2.87. The molecule has 1 aromatic rings. The van der Waals surface area contributed by atoms with Gasteiger partial charge in [-0.05, 0) is 12.1 Å². The van der Waals surface area contributed by atoms with E-state index in [1.807, 2.05) is 0 Å². The van der Waals surface area contributed by atoms with E-state index in [4.69, 9.17) is 22.4 Å². The Morgan fingerprint density at radius 2 is 2.17 bits per heavy atom. The van der Waals surface area contributed by atoms with Gasteiger partial charge in [0, 0.05) is 10.6 Å². The van der Waals surface area contributed by atoms with Crippen molar-refractivity contribution >= 4 is 11.6 Å². The highest BCUT2D eigenvalue weighted by molar-refractivity contribution is 6.31. The van der Waals surface area contributed by atoms with Crippen molar-refractivity contribution in [3.8, 4) is 5.75 Å². The number of aliphatic hydroxyl groups excluding tert-OH is 1. The monoisotopic (exact) mass is 187 g/mol. The molecule has 0 aliphatic heterocycles. The van der Waals surface area contributed by atoms with Gasteiger partial charge in [0.15, 0.2) is 0 Å². The zero-order valence-electron chi connectivity index (χ0n) is 6.37. The van der Waals surface area contributed by atoms with E-state index in [9.17, 15) is 5.11 Å². The molecule has 0 bridgehead atoms. The lowest BCUT2D eigenvalue weighted by Gasteiger charge is -2.11. The summed E-state index contributed by atoms with van der Waals surface area (Å²) in [5, 5.41) is 18.4. The summed E-state index contributed by atoms with van der Waals surface area (Å²) in [7, 11) is 0. The van der Waals surface area contributed by atoms with Crippen LogP contribution in [-0.4, -0.2) is 16.8 Å². The Morgan fingerprint density at radius 3 is 2.67 bits per heavy atom. The van der Waals surface area contributed by atoms with Crippen LogP contribution in [0.2, 0.25) is 5.02 Å². The lowest BCUT2D eigenvalue weighted by Crippen LogP contribution is -2.15. The van der Waals surface area contributed by atoms with Crippen molar-refractivity contribution in [2.45, 2.75) is 6.04 Å². The minimum absolute atomic E-state index is 0.0176. The number of aromatic hydroxyl groups is 1. The fourth-order valence-electron chi connectivity index (χ4n) is 0.984. The molecule has 4 heteroatoms. The lowest BCUT2D eigenvalue weighted by molar-refractivity contribution is 0.265. The summed E-state index contributed by atoms with van der Waals surface area (Å²) in [6.45, 7) is -0.239. The highest BCUT2D eigenvalue weighted by Gasteiger charge is 2.12. The van der Waals surface area contributed by atoms with Crippen LogP contribution in [0.25, 0.3) is 0 Å². The van der Waals surface area contributed by atoms with Crippen molar-refractivity contribution in [2.75, 3.05) is 6.61 Å². The lowest BCUT2D eigenvalue weighted by atomic mass is 10.1. The molecule has 0 heterocycles. The van der Waals surface area contributed by atoms with E-state index in [0.717, 1.165) is 0 Å². The van der Waals surface area contributed by atoms with Gasteiger partial charge in [0.05, 0.1) is 12.6 Å². The molecule has 0 aliphatic rings. The Kier molecular flexibility index (Phi) is 2.92. The third kappa shape index (κ3) is 1.69. The van der Waals surface area contributed by atoms with E-state index in [1.54, 1.807) is 12.1 Å². The first-order valence-electron chi connectivity index (χ1n) is 3.50. The Morgan fingerprint density at radius 1 is 1.50 bits per heavy atom. The molecule has 1 atom stereocenters. The molecule has 3 nitrogen and oxygen atoms in total. The summed E-state index contributed by atoms with van der Waals surface area (Å²) in [6.07, 6.45) is 0. The highest BCUT2D eigenvalue weighted by atomic mass is 35.5. The Hall–Kier alpha value is -0.770. The molecule has 66 valence electrons. The number of halogens is 1. The Labute approximate surface area is 75.4 Å². The van der Waals surface area contributed by atoms with Crippen molar-refractivity contribution < 1.29 is 10.2 Å². The smallest absolute Gasteiger partial charge is 0.121 e. The van der Waals surface area contributed by atoms with Gasteiger partial charge in [0.1, 0.15) is 5.75 Å². The summed E-state index contributed by atoms with van der Waals surface area (Å²) >= 11 is 5.75. The van der Waals surface area contributed by atoms with Crippen LogP contribution in [-0.2, 0) is 0 Å². The van der Waals surface area contributed by atoms with Gasteiger partial charge in [0.25, 0.3) is 0 Å². The maximum Gasteiger partial charge on any atom is 0.121 e. The third-order valence-electron chi connectivity index (χ3n) is 1.60. The minimum atomic E-state index is -0.626. The van der Waals surface area contributed by atoms with Crippen molar-refractivity contribution in [2.24, 2.45) is 5.73 Å². The number of benzene rings is 1. The molecular formula is C8H10ClNO2. The van der Waals surface area contributed by atoms with Gasteiger partial charge in [-0.15, -0.1) is 0 Å². The molecule has 0 aromatic heterocycles. The first kappa shape index (κ1) is 9.32. The van der Waals surface area contributed by atoms with Gasteiger partial charge in [-0.1, -0.05) is 17.7 Å². The minimum Gasteiger partial charge on any atom is -0.508 e. The van der Waals surface area contributed by atoms with E-state index < -0.39 is 6.04 Å². The number of hydrogen-bond donors (Lipinski definition) is 3. The predicted molar refractivity (Wildman–Crippen MR) is 47.1 cm³/mol. The van der Waals surface area contributed by atoms with Crippen molar-refractivity contribution in [3.05, 3.63) is 28.8 Å². The molecule has 0 aliphatic carbocycles. The summed E-state index contributed by atoms with van der Waals surface area (Å²) in [5.74, 6) is 0.0176. The van der Waals surface area contributed by atoms with Gasteiger partial charge in [-0.3, -0.25) is 0 Å². The van der Waals surface area contributed by atoms with Crippen LogP contribution >= 0.6 is 11.6 Å². The number of phenols is 1. The molecule has 0 amide bonds. The molecular weight excluding hydrogens is 178 g/mol. The standard InChI is InChI=1S/C8H10ClNO2/c9-5-2-1-3-7(12)8(5)6(10)4-11/h1-3,6,11-12H,4,10H2. The normalized spacial score (nSPS) is 12.9. The van der Waals surface area contributed by atoms with E-state index >= 15 is 0 Å². The SMILES string of the molecule is NC(CO)c1c(O)cccc1Cl. The average Bonchev–Trinajstić information content (AvgIpc) is 2.03. The number of aliphatic hydroxyl groups is 1. The van der Waals surface area contributed by atoms with E-state index in [-0.39, 0.29) is 12.4 Å².